The zero-order chi connectivity index (χ0) is 17.3. The van der Waals surface area contributed by atoms with Crippen molar-refractivity contribution in [3.63, 3.8) is 0 Å². The summed E-state index contributed by atoms with van der Waals surface area (Å²) < 4.78 is 39.8. The van der Waals surface area contributed by atoms with Crippen LogP contribution in [0.2, 0.25) is 0 Å². The first-order valence-electron chi connectivity index (χ1n) is 7.14. The molecule has 2 N–H and O–H groups in total. The summed E-state index contributed by atoms with van der Waals surface area (Å²) in [4.78, 5) is 25.9. The number of rotatable bonds is 2. The van der Waals surface area contributed by atoms with Crippen molar-refractivity contribution in [2.24, 2.45) is 0 Å². The number of nitrogens with zero attached hydrogens (tertiary/aromatic N) is 2. The number of aromatic amines is 1. The molecule has 2 heterocycles. The number of hydrogen-bond acceptors (Lipinski definition) is 3. The van der Waals surface area contributed by atoms with Crippen LogP contribution in [-0.4, -0.2) is 40.0 Å². The van der Waals surface area contributed by atoms with E-state index in [0.717, 1.165) is 11.0 Å². The van der Waals surface area contributed by atoms with E-state index in [2.05, 4.69) is 15.5 Å². The third kappa shape index (κ3) is 2.84. The van der Waals surface area contributed by atoms with E-state index in [4.69, 9.17) is 0 Å². The van der Waals surface area contributed by atoms with Crippen molar-refractivity contribution >= 4 is 11.8 Å². The third-order valence-corrected chi connectivity index (χ3v) is 3.76. The van der Waals surface area contributed by atoms with Gasteiger partial charge in [0.05, 0.1) is 5.56 Å². The molecule has 0 saturated carbocycles. The van der Waals surface area contributed by atoms with E-state index in [-0.39, 0.29) is 24.3 Å². The number of carbonyl (C=O) groups is 2. The minimum absolute atomic E-state index is 0.0977. The van der Waals surface area contributed by atoms with Gasteiger partial charge in [-0.1, -0.05) is 18.2 Å². The highest BCUT2D eigenvalue weighted by atomic mass is 19.4. The lowest BCUT2D eigenvalue weighted by molar-refractivity contribution is -0.139. The van der Waals surface area contributed by atoms with E-state index < -0.39 is 29.6 Å². The molecule has 0 aliphatic carbocycles. The van der Waals surface area contributed by atoms with Crippen molar-refractivity contribution in [2.45, 2.75) is 12.2 Å². The fourth-order valence-electron chi connectivity index (χ4n) is 2.72. The molecule has 1 aliphatic rings. The van der Waals surface area contributed by atoms with Gasteiger partial charge in [0.15, 0.2) is 0 Å². The molecule has 9 heteroatoms. The zero-order valence-electron chi connectivity index (χ0n) is 12.3. The zero-order valence-corrected chi connectivity index (χ0v) is 12.3. The van der Waals surface area contributed by atoms with Crippen LogP contribution in [0.25, 0.3) is 0 Å². The molecule has 24 heavy (non-hydrogen) atoms. The number of halogens is 3. The van der Waals surface area contributed by atoms with Crippen molar-refractivity contribution in [3.05, 3.63) is 53.3 Å². The van der Waals surface area contributed by atoms with Gasteiger partial charge in [-0.25, -0.2) is 0 Å². The standard InChI is InChI=1S/C15H13F3N4O2/c16-15(17,18)10-4-2-1-3-9(10)12-13(23)19-7-8-22(12)14(24)11-5-6-20-21-11/h1-6,12H,7-8H2,(H,19,23)(H,20,21)/t12-/m1/s1. The van der Waals surface area contributed by atoms with Gasteiger partial charge in [-0.15, -0.1) is 0 Å². The molecule has 0 unspecified atom stereocenters. The first-order chi connectivity index (χ1) is 11.4. The number of amides is 2. The van der Waals surface area contributed by atoms with Gasteiger partial charge in [-0.05, 0) is 17.7 Å². The van der Waals surface area contributed by atoms with Crippen molar-refractivity contribution in [1.29, 1.82) is 0 Å². The van der Waals surface area contributed by atoms with E-state index >= 15 is 0 Å². The predicted molar refractivity (Wildman–Crippen MR) is 76.8 cm³/mol. The molecule has 1 saturated heterocycles. The molecule has 1 aliphatic heterocycles. The van der Waals surface area contributed by atoms with Gasteiger partial charge >= 0.3 is 6.18 Å². The van der Waals surface area contributed by atoms with Crippen LogP contribution in [0.5, 0.6) is 0 Å². The lowest BCUT2D eigenvalue weighted by Crippen LogP contribution is -2.52. The average Bonchev–Trinajstić information content (AvgIpc) is 3.07. The van der Waals surface area contributed by atoms with E-state index in [9.17, 15) is 22.8 Å². The molecule has 0 spiro atoms. The molecule has 1 fully saturated rings. The Balaban J connectivity index is 2.06. The van der Waals surface area contributed by atoms with Crippen LogP contribution in [0, 0.1) is 0 Å². The molecular weight excluding hydrogens is 325 g/mol. The van der Waals surface area contributed by atoms with Crippen LogP contribution in [0.1, 0.15) is 27.7 Å². The van der Waals surface area contributed by atoms with Gasteiger partial charge in [-0.3, -0.25) is 14.7 Å². The number of alkyl halides is 3. The molecule has 126 valence electrons. The number of benzene rings is 1. The fourth-order valence-corrected chi connectivity index (χ4v) is 2.72. The van der Waals surface area contributed by atoms with Gasteiger partial charge < -0.3 is 10.2 Å². The smallest absolute Gasteiger partial charge is 0.352 e. The third-order valence-electron chi connectivity index (χ3n) is 3.76. The first-order valence-corrected chi connectivity index (χ1v) is 7.14. The second kappa shape index (κ2) is 5.99. The normalized spacial score (nSPS) is 18.4. The largest absolute Gasteiger partial charge is 0.416 e. The maximum Gasteiger partial charge on any atom is 0.416 e. The molecule has 6 nitrogen and oxygen atoms in total. The summed E-state index contributed by atoms with van der Waals surface area (Å²) >= 11 is 0. The minimum Gasteiger partial charge on any atom is -0.352 e. The second-order valence-corrected chi connectivity index (χ2v) is 5.25. The van der Waals surface area contributed by atoms with Crippen molar-refractivity contribution in [1.82, 2.24) is 20.4 Å². The molecule has 1 atom stereocenters. The number of carbonyl (C=O) groups excluding carboxylic acids is 2. The van der Waals surface area contributed by atoms with Crippen molar-refractivity contribution in [2.75, 3.05) is 13.1 Å². The molecule has 3 rings (SSSR count). The van der Waals surface area contributed by atoms with Crippen LogP contribution < -0.4 is 5.32 Å². The summed E-state index contributed by atoms with van der Waals surface area (Å²) in [6.45, 7) is 0.268. The number of H-pyrrole nitrogens is 1. The van der Waals surface area contributed by atoms with Crippen molar-refractivity contribution < 1.29 is 22.8 Å². The lowest BCUT2D eigenvalue weighted by Gasteiger charge is -2.36. The number of hydrogen-bond donors (Lipinski definition) is 2. The lowest BCUT2D eigenvalue weighted by atomic mass is 9.96. The summed E-state index contributed by atoms with van der Waals surface area (Å²) in [5.74, 6) is -1.23. The summed E-state index contributed by atoms with van der Waals surface area (Å²) in [5.41, 5.74) is -1.08. The molecule has 2 amide bonds. The van der Waals surface area contributed by atoms with E-state index in [1.54, 1.807) is 0 Å². The van der Waals surface area contributed by atoms with Gasteiger partial charge in [0, 0.05) is 19.3 Å². The second-order valence-electron chi connectivity index (χ2n) is 5.25. The topological polar surface area (TPSA) is 78.1 Å². The summed E-state index contributed by atoms with van der Waals surface area (Å²) in [6, 6.07) is 4.82. The molecule has 1 aromatic carbocycles. The Bertz CT molecular complexity index is 758. The fraction of sp³-hybridized carbons (Fsp3) is 0.267. The van der Waals surface area contributed by atoms with E-state index in [1.165, 1.54) is 30.5 Å². The quantitative estimate of drug-likeness (QED) is 0.876. The Morgan fingerprint density at radius 2 is 2.00 bits per heavy atom. The molecule has 1 aromatic heterocycles. The molecule has 2 aromatic rings. The summed E-state index contributed by atoms with van der Waals surface area (Å²) in [5, 5.41) is 8.64. The number of aromatic nitrogens is 2. The summed E-state index contributed by atoms with van der Waals surface area (Å²) in [7, 11) is 0. The highest BCUT2D eigenvalue weighted by Gasteiger charge is 2.41. The maximum atomic E-state index is 13.3. The Hall–Kier alpha value is -2.84. The molecule has 0 radical (unpaired) electrons. The van der Waals surface area contributed by atoms with Gasteiger partial charge in [0.25, 0.3) is 5.91 Å². The van der Waals surface area contributed by atoms with E-state index in [1.807, 2.05) is 0 Å². The van der Waals surface area contributed by atoms with Crippen LogP contribution in [0.4, 0.5) is 13.2 Å². The Kier molecular flexibility index (Phi) is 4.00. The number of nitrogens with one attached hydrogen (secondary N) is 2. The summed E-state index contributed by atoms with van der Waals surface area (Å²) in [6.07, 6.45) is -3.27. The Morgan fingerprint density at radius 3 is 2.67 bits per heavy atom. The Labute approximate surface area is 134 Å². The van der Waals surface area contributed by atoms with Gasteiger partial charge in [-0.2, -0.15) is 18.3 Å². The predicted octanol–water partition coefficient (Wildman–Crippen LogP) is 1.74. The molecular formula is C15H13F3N4O2. The Morgan fingerprint density at radius 1 is 1.25 bits per heavy atom. The highest BCUT2D eigenvalue weighted by molar-refractivity contribution is 5.97. The maximum absolute atomic E-state index is 13.3. The van der Waals surface area contributed by atoms with Gasteiger partial charge in [0.2, 0.25) is 5.91 Å². The van der Waals surface area contributed by atoms with Crippen LogP contribution in [0.3, 0.4) is 0 Å². The van der Waals surface area contributed by atoms with Crippen LogP contribution in [-0.2, 0) is 11.0 Å². The highest BCUT2D eigenvalue weighted by Crippen LogP contribution is 2.37. The monoisotopic (exact) mass is 338 g/mol. The SMILES string of the molecule is O=C1NCCN(C(=O)c2ccn[nH]2)[C@@H]1c1ccccc1C(F)(F)F. The first kappa shape index (κ1) is 16.0. The van der Waals surface area contributed by atoms with Crippen LogP contribution >= 0.6 is 0 Å². The van der Waals surface area contributed by atoms with Crippen molar-refractivity contribution in [3.8, 4) is 0 Å². The van der Waals surface area contributed by atoms with Gasteiger partial charge in [0.1, 0.15) is 11.7 Å². The van der Waals surface area contributed by atoms with E-state index in [0.29, 0.717) is 0 Å². The molecule has 0 bridgehead atoms. The average molecular weight is 338 g/mol. The minimum atomic E-state index is -4.63. The number of piperazine rings is 1. The van der Waals surface area contributed by atoms with Crippen LogP contribution in [0.15, 0.2) is 36.5 Å².